The fraction of sp³-hybridized carbons (Fsp3) is 0.217. The molecule has 2 N–H and O–H groups in total. The van der Waals surface area contributed by atoms with Crippen molar-refractivity contribution in [3.8, 4) is 5.88 Å². The minimum absolute atomic E-state index is 0.159. The van der Waals surface area contributed by atoms with Crippen LogP contribution in [0.3, 0.4) is 0 Å². The molecule has 0 fully saturated rings. The maximum absolute atomic E-state index is 13.1. The Kier molecular flexibility index (Phi) is 5.89. The molecule has 1 amide bonds. The Hall–Kier alpha value is -4.14. The number of hydrogen-bond donors (Lipinski definition) is 2. The third kappa shape index (κ3) is 4.18. The van der Waals surface area contributed by atoms with Gasteiger partial charge in [0, 0.05) is 30.6 Å². The third-order valence-corrected chi connectivity index (χ3v) is 5.32. The number of aromatic nitrogens is 3. The van der Waals surface area contributed by atoms with Crippen LogP contribution in [0, 0.1) is 6.92 Å². The number of carbonyl (C=O) groups excluding carboxylic acids is 1. The lowest BCUT2D eigenvalue weighted by molar-refractivity contribution is -0.118. The van der Waals surface area contributed by atoms with E-state index in [1.807, 2.05) is 30.3 Å². The van der Waals surface area contributed by atoms with E-state index in [2.05, 4.69) is 15.6 Å². The lowest BCUT2D eigenvalue weighted by atomic mass is 10.2. The molecule has 0 saturated carbocycles. The number of nitrogens with one attached hydrogen (secondary N) is 2. The Bertz CT molecular complexity index is 1310. The molecule has 0 radical (unpaired) electrons. The van der Waals surface area contributed by atoms with Gasteiger partial charge in [0.2, 0.25) is 5.88 Å². The van der Waals surface area contributed by atoms with Gasteiger partial charge in [0.25, 0.3) is 11.5 Å². The van der Waals surface area contributed by atoms with Crippen LogP contribution < -0.4 is 26.6 Å². The standard InChI is InChI=1S/C23H23N5O4/c1-15-19-12-25-18(21(29)26-11-17-8-9-24-20(10-17)32-2)14-27(19)23(31)28(22(15)30)13-16-6-4-3-5-7-16/h3-10,14,25H,11-13H2,1-2H3,(H,26,29). The van der Waals surface area contributed by atoms with Gasteiger partial charge in [0.05, 0.1) is 25.9 Å². The monoisotopic (exact) mass is 433 g/mol. The van der Waals surface area contributed by atoms with Crippen LogP contribution in [0.1, 0.15) is 22.4 Å². The lowest BCUT2D eigenvalue weighted by Gasteiger charge is -2.22. The topological polar surface area (TPSA) is 107 Å². The Morgan fingerprint density at radius 2 is 1.97 bits per heavy atom. The van der Waals surface area contributed by atoms with E-state index >= 15 is 0 Å². The van der Waals surface area contributed by atoms with Crippen molar-refractivity contribution in [3.63, 3.8) is 0 Å². The molecule has 3 aromatic rings. The quantitative estimate of drug-likeness (QED) is 0.600. The van der Waals surface area contributed by atoms with Crippen LogP contribution in [0.2, 0.25) is 0 Å². The Balaban J connectivity index is 1.61. The minimum atomic E-state index is -0.481. The van der Waals surface area contributed by atoms with Gasteiger partial charge in [0.15, 0.2) is 0 Å². The maximum atomic E-state index is 13.1. The molecule has 1 aromatic carbocycles. The molecule has 1 aliphatic rings. The van der Waals surface area contributed by atoms with Crippen LogP contribution in [0.15, 0.2) is 63.9 Å². The van der Waals surface area contributed by atoms with E-state index in [1.165, 1.54) is 22.4 Å². The zero-order valence-corrected chi connectivity index (χ0v) is 17.8. The number of fused-ring (bicyclic) bond motifs is 1. The predicted molar refractivity (Wildman–Crippen MR) is 119 cm³/mol. The van der Waals surface area contributed by atoms with Crippen LogP contribution >= 0.6 is 0 Å². The first-order chi connectivity index (χ1) is 15.5. The van der Waals surface area contributed by atoms with Crippen molar-refractivity contribution in [2.45, 2.75) is 26.6 Å². The fourth-order valence-corrected chi connectivity index (χ4v) is 3.54. The molecule has 164 valence electrons. The molecule has 4 rings (SSSR count). The first-order valence-electron chi connectivity index (χ1n) is 10.1. The summed E-state index contributed by atoms with van der Waals surface area (Å²) in [6, 6.07) is 12.8. The highest BCUT2D eigenvalue weighted by Crippen LogP contribution is 2.12. The number of benzene rings is 1. The average molecular weight is 433 g/mol. The highest BCUT2D eigenvalue weighted by molar-refractivity contribution is 5.95. The summed E-state index contributed by atoms with van der Waals surface area (Å²) in [5.41, 5.74) is 2.10. The van der Waals surface area contributed by atoms with E-state index in [1.54, 1.807) is 25.3 Å². The van der Waals surface area contributed by atoms with Gasteiger partial charge in [-0.15, -0.1) is 0 Å². The molecule has 0 saturated heterocycles. The van der Waals surface area contributed by atoms with E-state index in [0.29, 0.717) is 17.1 Å². The van der Waals surface area contributed by atoms with Crippen LogP contribution in [0.4, 0.5) is 0 Å². The smallest absolute Gasteiger partial charge is 0.335 e. The zero-order valence-electron chi connectivity index (χ0n) is 17.8. The van der Waals surface area contributed by atoms with Crippen molar-refractivity contribution >= 4 is 12.1 Å². The Morgan fingerprint density at radius 1 is 1.19 bits per heavy atom. The molecule has 9 heteroatoms. The summed E-state index contributed by atoms with van der Waals surface area (Å²) in [7, 11) is 1.52. The van der Waals surface area contributed by atoms with Crippen LogP contribution in [0.25, 0.3) is 6.20 Å². The molecular formula is C23H23N5O4. The third-order valence-electron chi connectivity index (χ3n) is 5.32. The second-order valence-corrected chi connectivity index (χ2v) is 7.39. The Labute approximate surface area is 184 Å². The van der Waals surface area contributed by atoms with Crippen molar-refractivity contribution in [2.24, 2.45) is 0 Å². The van der Waals surface area contributed by atoms with Crippen molar-refractivity contribution < 1.29 is 9.53 Å². The molecule has 9 nitrogen and oxygen atoms in total. The van der Waals surface area contributed by atoms with E-state index < -0.39 is 5.69 Å². The largest absolute Gasteiger partial charge is 0.481 e. The highest BCUT2D eigenvalue weighted by atomic mass is 16.5. The average Bonchev–Trinajstić information content (AvgIpc) is 2.84. The summed E-state index contributed by atoms with van der Waals surface area (Å²) in [6.07, 6.45) is 3.04. The molecule has 0 unspecified atom stereocenters. The lowest BCUT2D eigenvalue weighted by Crippen LogP contribution is -2.45. The molecule has 0 aliphatic carbocycles. The second kappa shape index (κ2) is 8.93. The predicted octanol–water partition coefficient (Wildman–Crippen LogP) is 0.988. The van der Waals surface area contributed by atoms with E-state index in [0.717, 1.165) is 11.1 Å². The number of ether oxygens (including phenoxy) is 1. The number of rotatable bonds is 6. The first-order valence-corrected chi connectivity index (χ1v) is 10.1. The molecule has 1 aliphatic heterocycles. The Morgan fingerprint density at radius 3 is 2.72 bits per heavy atom. The number of hydrogen-bond acceptors (Lipinski definition) is 6. The van der Waals surface area contributed by atoms with E-state index in [9.17, 15) is 14.4 Å². The summed E-state index contributed by atoms with van der Waals surface area (Å²) < 4.78 is 7.66. The van der Waals surface area contributed by atoms with E-state index in [-0.39, 0.29) is 36.8 Å². The SMILES string of the molecule is COc1cc(CNC(=O)C2=Cn3c(c(C)c(=O)n(Cc4ccccc4)c3=O)CN2)ccn1. The zero-order chi connectivity index (χ0) is 22.7. The van der Waals surface area contributed by atoms with Crippen molar-refractivity contribution in [3.05, 3.63) is 97.6 Å². The maximum Gasteiger partial charge on any atom is 0.335 e. The number of amides is 1. The second-order valence-electron chi connectivity index (χ2n) is 7.39. The number of nitrogens with zero attached hydrogens (tertiary/aromatic N) is 3. The summed E-state index contributed by atoms with van der Waals surface area (Å²) in [5.74, 6) is 0.0934. The van der Waals surface area contributed by atoms with Gasteiger partial charge in [0.1, 0.15) is 5.70 Å². The first kappa shape index (κ1) is 21.1. The van der Waals surface area contributed by atoms with Gasteiger partial charge in [-0.25, -0.2) is 9.78 Å². The molecular weight excluding hydrogens is 410 g/mol. The van der Waals surface area contributed by atoms with Gasteiger partial charge < -0.3 is 15.4 Å². The summed E-state index contributed by atoms with van der Waals surface area (Å²) >= 11 is 0. The van der Waals surface area contributed by atoms with Gasteiger partial charge >= 0.3 is 5.69 Å². The van der Waals surface area contributed by atoms with Gasteiger partial charge in [-0.05, 0) is 24.1 Å². The fourth-order valence-electron chi connectivity index (χ4n) is 3.54. The number of methoxy groups -OCH3 is 1. The van der Waals surface area contributed by atoms with Gasteiger partial charge in [-0.1, -0.05) is 30.3 Å². The summed E-state index contributed by atoms with van der Waals surface area (Å²) in [6.45, 7) is 2.31. The molecule has 2 aromatic heterocycles. The van der Waals surface area contributed by atoms with Crippen LogP contribution in [-0.4, -0.2) is 27.1 Å². The van der Waals surface area contributed by atoms with Crippen LogP contribution in [-0.2, 0) is 24.4 Å². The van der Waals surface area contributed by atoms with Crippen molar-refractivity contribution in [1.29, 1.82) is 0 Å². The van der Waals surface area contributed by atoms with Crippen molar-refractivity contribution in [2.75, 3.05) is 7.11 Å². The number of pyridine rings is 1. The molecule has 32 heavy (non-hydrogen) atoms. The summed E-state index contributed by atoms with van der Waals surface area (Å²) in [4.78, 5) is 42.7. The van der Waals surface area contributed by atoms with Crippen LogP contribution in [0.5, 0.6) is 5.88 Å². The molecule has 0 bridgehead atoms. The molecule has 0 atom stereocenters. The molecule has 0 spiro atoms. The highest BCUT2D eigenvalue weighted by Gasteiger charge is 2.22. The molecule has 3 heterocycles. The van der Waals surface area contributed by atoms with E-state index in [4.69, 9.17) is 4.74 Å². The summed E-state index contributed by atoms with van der Waals surface area (Å²) in [5, 5.41) is 5.82. The minimum Gasteiger partial charge on any atom is -0.481 e. The normalized spacial score (nSPS) is 12.4. The number of carbonyl (C=O) groups is 1. The van der Waals surface area contributed by atoms with Gasteiger partial charge in [-0.3, -0.25) is 18.7 Å². The van der Waals surface area contributed by atoms with Gasteiger partial charge in [-0.2, -0.15) is 0 Å². The van der Waals surface area contributed by atoms with Crippen molar-refractivity contribution in [1.82, 2.24) is 24.8 Å².